The molecule has 0 radical (unpaired) electrons. The first-order chi connectivity index (χ1) is 8.04. The molecule has 0 unspecified atom stereocenters. The Kier molecular flexibility index (Phi) is 4.15. The van der Waals surface area contributed by atoms with E-state index in [0.29, 0.717) is 6.29 Å². The predicted molar refractivity (Wildman–Crippen MR) is 57.8 cm³/mol. The van der Waals surface area contributed by atoms with Crippen LogP contribution in [0.5, 0.6) is 5.75 Å². The smallest absolute Gasteiger partial charge is 0.270 e. The van der Waals surface area contributed by atoms with E-state index in [-0.39, 0.29) is 30.0 Å². The monoisotopic (exact) mass is 238 g/mol. The van der Waals surface area contributed by atoms with E-state index in [1.807, 2.05) is 0 Å². The molecule has 2 N–H and O–H groups in total. The summed E-state index contributed by atoms with van der Waals surface area (Å²) in [7, 11) is 0. The highest BCUT2D eigenvalue weighted by Gasteiger charge is 2.11. The number of non-ortho nitro benzene ring substituents is 1. The third kappa shape index (κ3) is 3.56. The SMILES string of the molecule is NC(=O)CCOc1ccc([N+](=O)[O-])cc1C=O. The van der Waals surface area contributed by atoms with Crippen molar-refractivity contribution in [3.05, 3.63) is 33.9 Å². The Labute approximate surface area is 96.3 Å². The first-order valence-electron chi connectivity index (χ1n) is 4.69. The predicted octanol–water partition coefficient (Wildman–Crippen LogP) is 0.661. The molecule has 1 amide bonds. The Morgan fingerprint density at radius 3 is 2.76 bits per heavy atom. The van der Waals surface area contributed by atoms with Crippen LogP contribution < -0.4 is 10.5 Å². The van der Waals surface area contributed by atoms with E-state index in [2.05, 4.69) is 0 Å². The van der Waals surface area contributed by atoms with Gasteiger partial charge in [0.15, 0.2) is 6.29 Å². The van der Waals surface area contributed by atoms with E-state index < -0.39 is 10.8 Å². The molecule has 1 aromatic rings. The zero-order chi connectivity index (χ0) is 12.8. The minimum atomic E-state index is -0.611. The van der Waals surface area contributed by atoms with Crippen LogP contribution in [-0.2, 0) is 4.79 Å². The van der Waals surface area contributed by atoms with Crippen LogP contribution in [0.25, 0.3) is 0 Å². The van der Waals surface area contributed by atoms with Gasteiger partial charge >= 0.3 is 0 Å². The van der Waals surface area contributed by atoms with Gasteiger partial charge in [-0.15, -0.1) is 0 Å². The molecular formula is C10H10N2O5. The molecule has 0 saturated carbocycles. The minimum absolute atomic E-state index is 0.00921. The molecular weight excluding hydrogens is 228 g/mol. The summed E-state index contributed by atoms with van der Waals surface area (Å²) in [5.41, 5.74) is 4.77. The summed E-state index contributed by atoms with van der Waals surface area (Å²) in [6.45, 7) is 0.0218. The lowest BCUT2D eigenvalue weighted by Crippen LogP contribution is -2.14. The van der Waals surface area contributed by atoms with Crippen LogP contribution in [0.2, 0.25) is 0 Å². The number of ether oxygens (including phenoxy) is 1. The number of hydrogen-bond acceptors (Lipinski definition) is 5. The third-order valence-corrected chi connectivity index (χ3v) is 1.94. The second-order valence-electron chi connectivity index (χ2n) is 3.16. The van der Waals surface area contributed by atoms with E-state index >= 15 is 0 Å². The molecule has 0 aliphatic heterocycles. The molecule has 17 heavy (non-hydrogen) atoms. The summed E-state index contributed by atoms with van der Waals surface area (Å²) in [5, 5.41) is 10.5. The molecule has 0 aromatic heterocycles. The molecule has 0 aliphatic rings. The van der Waals surface area contributed by atoms with Crippen LogP contribution in [0.4, 0.5) is 5.69 Å². The van der Waals surface area contributed by atoms with E-state index in [9.17, 15) is 19.7 Å². The van der Waals surface area contributed by atoms with Crippen molar-refractivity contribution in [2.75, 3.05) is 6.61 Å². The molecule has 0 spiro atoms. The third-order valence-electron chi connectivity index (χ3n) is 1.94. The molecule has 0 saturated heterocycles. The van der Waals surface area contributed by atoms with Gasteiger partial charge in [-0.05, 0) is 6.07 Å². The summed E-state index contributed by atoms with van der Waals surface area (Å²) >= 11 is 0. The molecule has 90 valence electrons. The van der Waals surface area contributed by atoms with Crippen LogP contribution >= 0.6 is 0 Å². The van der Waals surface area contributed by atoms with Crippen molar-refractivity contribution < 1.29 is 19.2 Å². The summed E-state index contributed by atoms with van der Waals surface area (Å²) in [4.78, 5) is 31.0. The fourth-order valence-electron chi connectivity index (χ4n) is 1.13. The fraction of sp³-hybridized carbons (Fsp3) is 0.200. The highest BCUT2D eigenvalue weighted by Crippen LogP contribution is 2.22. The molecule has 0 heterocycles. The van der Waals surface area contributed by atoms with Gasteiger partial charge < -0.3 is 10.5 Å². The molecule has 7 nitrogen and oxygen atoms in total. The summed E-state index contributed by atoms with van der Waals surface area (Å²) in [6.07, 6.45) is 0.460. The number of aldehydes is 1. The summed E-state index contributed by atoms with van der Waals surface area (Å²) < 4.78 is 5.12. The number of nitrogens with two attached hydrogens (primary N) is 1. The highest BCUT2D eigenvalue weighted by atomic mass is 16.6. The maximum absolute atomic E-state index is 10.7. The van der Waals surface area contributed by atoms with Crippen LogP contribution in [0.3, 0.4) is 0 Å². The van der Waals surface area contributed by atoms with Gasteiger partial charge in [0, 0.05) is 12.1 Å². The quantitative estimate of drug-likeness (QED) is 0.444. The molecule has 7 heteroatoms. The Bertz CT molecular complexity index is 458. The fourth-order valence-corrected chi connectivity index (χ4v) is 1.13. The van der Waals surface area contributed by atoms with E-state index in [4.69, 9.17) is 10.5 Å². The lowest BCUT2D eigenvalue weighted by molar-refractivity contribution is -0.384. The number of carbonyl (C=O) groups is 2. The zero-order valence-electron chi connectivity index (χ0n) is 8.79. The average Bonchev–Trinajstić information content (AvgIpc) is 2.28. The van der Waals surface area contributed by atoms with Crippen molar-refractivity contribution in [1.82, 2.24) is 0 Å². The number of nitro groups is 1. The average molecular weight is 238 g/mol. The van der Waals surface area contributed by atoms with Gasteiger partial charge in [-0.25, -0.2) is 0 Å². The standard InChI is InChI=1S/C10H10N2O5/c11-10(14)3-4-17-9-2-1-8(12(15)16)5-7(9)6-13/h1-2,5-6H,3-4H2,(H2,11,14). The number of carbonyl (C=O) groups excluding carboxylic acids is 2. The van der Waals surface area contributed by atoms with E-state index in [1.165, 1.54) is 12.1 Å². The Hall–Kier alpha value is -2.44. The van der Waals surface area contributed by atoms with Crippen molar-refractivity contribution in [3.8, 4) is 5.75 Å². The van der Waals surface area contributed by atoms with Crippen LogP contribution in [0.1, 0.15) is 16.8 Å². The zero-order valence-corrected chi connectivity index (χ0v) is 8.79. The van der Waals surface area contributed by atoms with Gasteiger partial charge in [-0.3, -0.25) is 19.7 Å². The number of primary amides is 1. The summed E-state index contributed by atoms with van der Waals surface area (Å²) in [5.74, 6) is -0.341. The van der Waals surface area contributed by atoms with Crippen molar-refractivity contribution in [3.63, 3.8) is 0 Å². The number of hydrogen-bond donors (Lipinski definition) is 1. The largest absolute Gasteiger partial charge is 0.492 e. The van der Waals surface area contributed by atoms with Gasteiger partial charge in [-0.1, -0.05) is 0 Å². The van der Waals surface area contributed by atoms with Gasteiger partial charge in [0.2, 0.25) is 5.91 Å². The number of rotatable bonds is 6. The van der Waals surface area contributed by atoms with Gasteiger partial charge in [0.25, 0.3) is 5.69 Å². The molecule has 1 aromatic carbocycles. The molecule has 1 rings (SSSR count). The second kappa shape index (κ2) is 5.59. The van der Waals surface area contributed by atoms with Crippen molar-refractivity contribution in [2.24, 2.45) is 5.73 Å². The van der Waals surface area contributed by atoms with Crippen molar-refractivity contribution in [2.45, 2.75) is 6.42 Å². The van der Waals surface area contributed by atoms with Gasteiger partial charge in [-0.2, -0.15) is 0 Å². The van der Waals surface area contributed by atoms with Crippen LogP contribution in [0.15, 0.2) is 18.2 Å². The molecule has 0 atom stereocenters. The number of nitrogens with zero attached hydrogens (tertiary/aromatic N) is 1. The maximum atomic E-state index is 10.7. The number of amides is 1. The maximum Gasteiger partial charge on any atom is 0.270 e. The lowest BCUT2D eigenvalue weighted by atomic mass is 10.2. The van der Waals surface area contributed by atoms with E-state index in [1.54, 1.807) is 0 Å². The minimum Gasteiger partial charge on any atom is -0.492 e. The Morgan fingerprint density at radius 1 is 1.53 bits per heavy atom. The molecule has 0 bridgehead atoms. The number of benzene rings is 1. The topological polar surface area (TPSA) is 113 Å². The van der Waals surface area contributed by atoms with E-state index in [0.717, 1.165) is 6.07 Å². The Morgan fingerprint density at radius 2 is 2.24 bits per heavy atom. The molecule has 0 aliphatic carbocycles. The Balaban J connectivity index is 2.82. The second-order valence-corrected chi connectivity index (χ2v) is 3.16. The van der Waals surface area contributed by atoms with Crippen molar-refractivity contribution >= 4 is 17.9 Å². The van der Waals surface area contributed by atoms with Gasteiger partial charge in [0.05, 0.1) is 23.5 Å². The highest BCUT2D eigenvalue weighted by molar-refractivity contribution is 5.80. The van der Waals surface area contributed by atoms with Gasteiger partial charge in [0.1, 0.15) is 5.75 Å². The first-order valence-corrected chi connectivity index (χ1v) is 4.69. The van der Waals surface area contributed by atoms with Crippen LogP contribution in [0, 0.1) is 10.1 Å². The first kappa shape index (κ1) is 12.6. The summed E-state index contributed by atoms with van der Waals surface area (Å²) in [6, 6.07) is 3.63. The van der Waals surface area contributed by atoms with Crippen LogP contribution in [-0.4, -0.2) is 23.7 Å². The lowest BCUT2D eigenvalue weighted by Gasteiger charge is -2.06. The number of nitro benzene ring substituents is 1. The van der Waals surface area contributed by atoms with Crippen molar-refractivity contribution in [1.29, 1.82) is 0 Å². The normalized spacial score (nSPS) is 9.65. The molecule has 0 fully saturated rings.